The van der Waals surface area contributed by atoms with Crippen LogP contribution in [-0.2, 0) is 4.79 Å². The van der Waals surface area contributed by atoms with E-state index in [-0.39, 0.29) is 18.0 Å². The third-order valence-electron chi connectivity index (χ3n) is 4.53. The number of nitrogens with zero attached hydrogens (tertiary/aromatic N) is 4. The average Bonchev–Trinajstić information content (AvgIpc) is 3.13. The minimum Gasteiger partial charge on any atom is -0.356 e. The maximum Gasteiger partial charge on any atom is 0.277 e. The summed E-state index contributed by atoms with van der Waals surface area (Å²) in [5.41, 5.74) is 6.55. The Hall–Kier alpha value is -2.30. The van der Waals surface area contributed by atoms with Crippen LogP contribution in [0.1, 0.15) is 19.3 Å². The molecule has 0 unspecified atom stereocenters. The van der Waals surface area contributed by atoms with Gasteiger partial charge in [-0.3, -0.25) is 9.59 Å². The Morgan fingerprint density at radius 1 is 1.21 bits per heavy atom. The number of rotatable bonds is 4. The summed E-state index contributed by atoms with van der Waals surface area (Å²) < 4.78 is 2.11. The summed E-state index contributed by atoms with van der Waals surface area (Å²) >= 11 is 4.79. The Labute approximate surface area is 173 Å². The van der Waals surface area contributed by atoms with Gasteiger partial charge in [0.15, 0.2) is 0 Å². The lowest BCUT2D eigenvalue weighted by molar-refractivity contribution is -0.114. The molecule has 1 aliphatic heterocycles. The number of hydrogen-bond acceptors (Lipinski definition) is 7. The van der Waals surface area contributed by atoms with E-state index in [1.54, 1.807) is 18.2 Å². The molecule has 28 heavy (non-hydrogen) atoms. The Balaban J connectivity index is 1.72. The molecule has 3 aromatic rings. The van der Waals surface area contributed by atoms with Gasteiger partial charge in [0.2, 0.25) is 10.9 Å². The zero-order valence-electron chi connectivity index (χ0n) is 15.0. The number of carbonyl (C=O) groups excluding carboxylic acids is 1. The number of nitrogens with two attached hydrogens (primary N) is 1. The highest BCUT2D eigenvalue weighted by atomic mass is 79.9. The van der Waals surface area contributed by atoms with Gasteiger partial charge in [0.25, 0.3) is 5.56 Å². The van der Waals surface area contributed by atoms with Crippen molar-refractivity contribution < 1.29 is 4.79 Å². The van der Waals surface area contributed by atoms with Crippen LogP contribution < -0.4 is 21.5 Å². The maximum atomic E-state index is 12.6. The second-order valence-corrected chi connectivity index (χ2v) is 8.45. The Kier molecular flexibility index (Phi) is 5.42. The average molecular weight is 463 g/mol. The van der Waals surface area contributed by atoms with Gasteiger partial charge < -0.3 is 16.0 Å². The minimum absolute atomic E-state index is 0.0957. The highest BCUT2D eigenvalue weighted by molar-refractivity contribution is 9.10. The monoisotopic (exact) mass is 462 g/mol. The van der Waals surface area contributed by atoms with Gasteiger partial charge in [0.05, 0.1) is 6.54 Å². The van der Waals surface area contributed by atoms with E-state index in [1.807, 2.05) is 6.07 Å². The van der Waals surface area contributed by atoms with Crippen LogP contribution in [0.2, 0.25) is 0 Å². The number of nitrogens with one attached hydrogen (secondary N) is 1. The van der Waals surface area contributed by atoms with Crippen LogP contribution in [0.15, 0.2) is 33.5 Å². The number of benzene rings is 1. The van der Waals surface area contributed by atoms with Crippen molar-refractivity contribution in [1.82, 2.24) is 14.6 Å². The Morgan fingerprint density at radius 3 is 2.75 bits per heavy atom. The van der Waals surface area contributed by atoms with Crippen LogP contribution in [-0.4, -0.2) is 40.1 Å². The summed E-state index contributed by atoms with van der Waals surface area (Å²) in [5.74, 6) is 0.433. The van der Waals surface area contributed by atoms with Crippen molar-refractivity contribution >= 4 is 49.6 Å². The van der Waals surface area contributed by atoms with Gasteiger partial charge >= 0.3 is 0 Å². The molecule has 3 N–H and O–H groups in total. The van der Waals surface area contributed by atoms with Gasteiger partial charge in [0.1, 0.15) is 10.8 Å². The van der Waals surface area contributed by atoms with Crippen molar-refractivity contribution in [1.29, 1.82) is 0 Å². The number of anilines is 2. The molecular formula is C18H19BrN6O2S. The summed E-state index contributed by atoms with van der Waals surface area (Å²) in [6.07, 6.45) is 3.45. The largest absolute Gasteiger partial charge is 0.356 e. The Morgan fingerprint density at radius 2 is 2.00 bits per heavy atom. The van der Waals surface area contributed by atoms with Crippen LogP contribution in [0.4, 0.5) is 11.5 Å². The van der Waals surface area contributed by atoms with Crippen LogP contribution in [0.25, 0.3) is 15.5 Å². The molecular weight excluding hydrogens is 444 g/mol. The third-order valence-corrected chi connectivity index (χ3v) is 5.94. The van der Waals surface area contributed by atoms with E-state index in [4.69, 9.17) is 5.73 Å². The molecule has 0 radical (unpaired) electrons. The second-order valence-electron chi connectivity index (χ2n) is 6.58. The lowest BCUT2D eigenvalue weighted by Crippen LogP contribution is -2.31. The normalized spacial score (nSPS) is 14.4. The molecule has 0 spiro atoms. The quantitative estimate of drug-likeness (QED) is 0.616. The van der Waals surface area contributed by atoms with E-state index in [0.717, 1.165) is 36.0 Å². The molecule has 1 aromatic carbocycles. The SMILES string of the molecule is NCC(=O)Nc1cc(Br)cc(-c2nn3c(=O)cc(N4CCCCC4)nc3s2)c1. The number of halogens is 1. The standard InChI is InChI=1S/C18H19BrN6O2S/c19-12-6-11(7-13(8-12)21-15(26)10-20)17-23-25-16(27)9-14(22-18(25)28-17)24-4-2-1-3-5-24/h6-9H,1-5,10,20H2,(H,21,26). The fraction of sp³-hybridized carbons (Fsp3) is 0.333. The molecule has 0 aliphatic carbocycles. The van der Waals surface area contributed by atoms with Crippen molar-refractivity contribution in [2.24, 2.45) is 5.73 Å². The number of piperidine rings is 1. The van der Waals surface area contributed by atoms with Crippen molar-refractivity contribution in [3.05, 3.63) is 39.1 Å². The zero-order chi connectivity index (χ0) is 19.7. The van der Waals surface area contributed by atoms with Crippen molar-refractivity contribution in [2.45, 2.75) is 19.3 Å². The van der Waals surface area contributed by atoms with E-state index in [2.05, 4.69) is 36.2 Å². The van der Waals surface area contributed by atoms with E-state index in [1.165, 1.54) is 22.3 Å². The van der Waals surface area contributed by atoms with E-state index in [0.29, 0.717) is 21.5 Å². The summed E-state index contributed by atoms with van der Waals surface area (Å²) in [4.78, 5) is 31.5. The number of aromatic nitrogens is 3. The molecule has 4 rings (SSSR count). The van der Waals surface area contributed by atoms with Gasteiger partial charge in [-0.1, -0.05) is 27.3 Å². The molecule has 10 heteroatoms. The van der Waals surface area contributed by atoms with Gasteiger partial charge in [-0.2, -0.15) is 9.61 Å². The summed E-state index contributed by atoms with van der Waals surface area (Å²) in [6, 6.07) is 7.01. The molecule has 0 saturated carbocycles. The van der Waals surface area contributed by atoms with Gasteiger partial charge in [0, 0.05) is 34.9 Å². The summed E-state index contributed by atoms with van der Waals surface area (Å²) in [7, 11) is 0. The summed E-state index contributed by atoms with van der Waals surface area (Å²) in [5, 5.41) is 7.81. The van der Waals surface area contributed by atoms with Gasteiger partial charge in [-0.05, 0) is 37.5 Å². The molecule has 1 fully saturated rings. The molecule has 1 aliphatic rings. The third kappa shape index (κ3) is 3.94. The van der Waals surface area contributed by atoms with Crippen LogP contribution in [0.3, 0.4) is 0 Å². The highest BCUT2D eigenvalue weighted by Crippen LogP contribution is 2.30. The predicted molar refractivity (Wildman–Crippen MR) is 114 cm³/mol. The first-order valence-electron chi connectivity index (χ1n) is 9.00. The fourth-order valence-corrected chi connectivity index (χ4v) is 4.58. The molecule has 0 atom stereocenters. The molecule has 0 bridgehead atoms. The van der Waals surface area contributed by atoms with Gasteiger partial charge in [-0.25, -0.2) is 4.98 Å². The lowest BCUT2D eigenvalue weighted by atomic mass is 10.1. The van der Waals surface area contributed by atoms with Crippen molar-refractivity contribution in [3.8, 4) is 10.6 Å². The van der Waals surface area contributed by atoms with Crippen LogP contribution >= 0.6 is 27.3 Å². The first-order chi connectivity index (χ1) is 13.5. The fourth-order valence-electron chi connectivity index (χ4n) is 3.20. The van der Waals surface area contributed by atoms with Crippen LogP contribution in [0, 0.1) is 0 Å². The summed E-state index contributed by atoms with van der Waals surface area (Å²) in [6.45, 7) is 1.75. The van der Waals surface area contributed by atoms with E-state index in [9.17, 15) is 9.59 Å². The molecule has 2 aromatic heterocycles. The minimum atomic E-state index is -0.280. The molecule has 146 valence electrons. The number of carbonyl (C=O) groups is 1. The smallest absolute Gasteiger partial charge is 0.277 e. The molecule has 3 heterocycles. The second kappa shape index (κ2) is 7.98. The lowest BCUT2D eigenvalue weighted by Gasteiger charge is -2.27. The highest BCUT2D eigenvalue weighted by Gasteiger charge is 2.17. The Bertz CT molecular complexity index is 1090. The zero-order valence-corrected chi connectivity index (χ0v) is 17.4. The number of amides is 1. The van der Waals surface area contributed by atoms with Gasteiger partial charge in [-0.15, -0.1) is 0 Å². The molecule has 8 nitrogen and oxygen atoms in total. The molecule has 1 saturated heterocycles. The van der Waals surface area contributed by atoms with E-state index < -0.39 is 0 Å². The number of hydrogen-bond donors (Lipinski definition) is 2. The maximum absolute atomic E-state index is 12.6. The first-order valence-corrected chi connectivity index (χ1v) is 10.6. The molecule has 1 amide bonds. The van der Waals surface area contributed by atoms with Crippen LogP contribution in [0.5, 0.6) is 0 Å². The van der Waals surface area contributed by atoms with Crippen molar-refractivity contribution in [3.63, 3.8) is 0 Å². The topological polar surface area (TPSA) is 106 Å². The predicted octanol–water partition coefficient (Wildman–Crippen LogP) is 2.47. The van der Waals surface area contributed by atoms with E-state index >= 15 is 0 Å². The number of fused-ring (bicyclic) bond motifs is 1. The first kappa shape index (κ1) is 19.0. The van der Waals surface area contributed by atoms with Crippen molar-refractivity contribution in [2.75, 3.05) is 29.9 Å².